The second kappa shape index (κ2) is 11.1. The summed E-state index contributed by atoms with van der Waals surface area (Å²) < 4.78 is 0. The maximum atomic E-state index is 12.3. The third-order valence-electron chi connectivity index (χ3n) is 4.70. The molecule has 1 heterocycles. The molecule has 0 radical (unpaired) electrons. The van der Waals surface area contributed by atoms with Crippen molar-refractivity contribution in [1.82, 2.24) is 15.1 Å². The molecule has 3 N–H and O–H groups in total. The molecule has 1 saturated heterocycles. The summed E-state index contributed by atoms with van der Waals surface area (Å²) >= 11 is 0. The van der Waals surface area contributed by atoms with Crippen molar-refractivity contribution >= 4 is 36.6 Å². The van der Waals surface area contributed by atoms with Gasteiger partial charge in [-0.3, -0.25) is 14.5 Å². The predicted molar refractivity (Wildman–Crippen MR) is 101 cm³/mol. The Labute approximate surface area is 157 Å². The van der Waals surface area contributed by atoms with Crippen molar-refractivity contribution in [3.63, 3.8) is 0 Å². The third kappa shape index (κ3) is 7.13. The number of hydrogen-bond acceptors (Lipinski definition) is 4. The fraction of sp³-hybridized carbons (Fsp3) is 0.875. The van der Waals surface area contributed by atoms with Crippen LogP contribution in [0.25, 0.3) is 0 Å². The van der Waals surface area contributed by atoms with Crippen LogP contribution in [0.5, 0.6) is 0 Å². The van der Waals surface area contributed by atoms with Crippen molar-refractivity contribution in [2.45, 2.75) is 51.6 Å². The Hall–Kier alpha value is -0.560. The molecule has 2 amide bonds. The highest BCUT2D eigenvalue weighted by molar-refractivity contribution is 5.85. The molecule has 2 atom stereocenters. The first-order valence-corrected chi connectivity index (χ1v) is 8.50. The fourth-order valence-corrected chi connectivity index (χ4v) is 3.40. The monoisotopic (exact) mass is 382 g/mol. The van der Waals surface area contributed by atoms with Crippen LogP contribution < -0.4 is 11.1 Å². The molecule has 1 aliphatic heterocycles. The van der Waals surface area contributed by atoms with Crippen molar-refractivity contribution in [2.75, 3.05) is 32.7 Å². The van der Waals surface area contributed by atoms with E-state index >= 15 is 0 Å². The van der Waals surface area contributed by atoms with E-state index in [1.807, 2.05) is 18.7 Å². The number of amides is 2. The molecular formula is C16H32Cl2N4O2. The second-order valence-electron chi connectivity index (χ2n) is 6.94. The predicted octanol–water partition coefficient (Wildman–Crippen LogP) is 1.02. The Kier molecular flexibility index (Phi) is 10.9. The van der Waals surface area contributed by atoms with Crippen molar-refractivity contribution < 1.29 is 9.59 Å². The van der Waals surface area contributed by atoms with Crippen LogP contribution >= 0.6 is 24.8 Å². The molecule has 0 aromatic carbocycles. The zero-order valence-electron chi connectivity index (χ0n) is 14.7. The van der Waals surface area contributed by atoms with E-state index in [9.17, 15) is 9.59 Å². The van der Waals surface area contributed by atoms with Gasteiger partial charge in [-0.15, -0.1) is 24.8 Å². The SMILES string of the molecule is CC(C)NC(=O)CN1CCN(C(=O)C[C@@H]2CCC[C@H]2N)CC1.Cl.Cl. The lowest BCUT2D eigenvalue weighted by Crippen LogP contribution is -2.52. The molecule has 24 heavy (non-hydrogen) atoms. The smallest absolute Gasteiger partial charge is 0.234 e. The van der Waals surface area contributed by atoms with Gasteiger partial charge in [0, 0.05) is 44.7 Å². The van der Waals surface area contributed by atoms with Gasteiger partial charge in [-0.25, -0.2) is 0 Å². The number of nitrogens with zero attached hydrogens (tertiary/aromatic N) is 2. The van der Waals surface area contributed by atoms with Gasteiger partial charge in [0.15, 0.2) is 0 Å². The summed E-state index contributed by atoms with van der Waals surface area (Å²) in [6, 6.07) is 0.371. The number of nitrogens with one attached hydrogen (secondary N) is 1. The van der Waals surface area contributed by atoms with Crippen molar-refractivity contribution in [1.29, 1.82) is 0 Å². The van der Waals surface area contributed by atoms with Crippen LogP contribution in [-0.4, -0.2) is 66.4 Å². The summed E-state index contributed by atoms with van der Waals surface area (Å²) in [5, 5.41) is 2.90. The summed E-state index contributed by atoms with van der Waals surface area (Å²) in [6.07, 6.45) is 3.88. The molecule has 6 nitrogen and oxygen atoms in total. The van der Waals surface area contributed by atoms with Crippen LogP contribution in [0.4, 0.5) is 0 Å². The van der Waals surface area contributed by atoms with Crippen LogP contribution in [0, 0.1) is 5.92 Å². The number of halogens is 2. The Morgan fingerprint density at radius 3 is 2.25 bits per heavy atom. The number of carbonyl (C=O) groups is 2. The minimum absolute atomic E-state index is 0. The first-order chi connectivity index (χ1) is 10.5. The summed E-state index contributed by atoms with van der Waals surface area (Å²) in [6.45, 7) is 7.33. The molecule has 0 aromatic rings. The zero-order valence-corrected chi connectivity index (χ0v) is 16.3. The summed E-state index contributed by atoms with van der Waals surface area (Å²) in [5.74, 6) is 0.655. The van der Waals surface area contributed by atoms with Crippen molar-refractivity contribution in [2.24, 2.45) is 11.7 Å². The van der Waals surface area contributed by atoms with E-state index in [-0.39, 0.29) is 48.7 Å². The molecule has 2 fully saturated rings. The van der Waals surface area contributed by atoms with Gasteiger partial charge in [-0.05, 0) is 32.6 Å². The number of piperazine rings is 1. The van der Waals surface area contributed by atoms with Gasteiger partial charge in [-0.1, -0.05) is 6.42 Å². The van der Waals surface area contributed by atoms with E-state index in [1.54, 1.807) is 0 Å². The number of carbonyl (C=O) groups excluding carboxylic acids is 2. The largest absolute Gasteiger partial charge is 0.353 e. The summed E-state index contributed by atoms with van der Waals surface area (Å²) in [5.41, 5.74) is 6.05. The molecule has 0 aromatic heterocycles. The van der Waals surface area contributed by atoms with Crippen LogP contribution in [-0.2, 0) is 9.59 Å². The minimum Gasteiger partial charge on any atom is -0.353 e. The van der Waals surface area contributed by atoms with Gasteiger partial charge in [0.1, 0.15) is 0 Å². The Morgan fingerprint density at radius 1 is 1.12 bits per heavy atom. The van der Waals surface area contributed by atoms with E-state index in [1.165, 1.54) is 0 Å². The lowest BCUT2D eigenvalue weighted by molar-refractivity contribution is -0.134. The molecule has 2 aliphatic rings. The number of hydrogen-bond donors (Lipinski definition) is 2. The second-order valence-corrected chi connectivity index (χ2v) is 6.94. The van der Waals surface area contributed by atoms with Gasteiger partial charge >= 0.3 is 0 Å². The maximum absolute atomic E-state index is 12.3. The van der Waals surface area contributed by atoms with E-state index < -0.39 is 0 Å². The van der Waals surface area contributed by atoms with Gasteiger partial charge < -0.3 is 16.0 Å². The molecule has 0 bridgehead atoms. The van der Waals surface area contributed by atoms with Crippen LogP contribution in [0.2, 0.25) is 0 Å². The Morgan fingerprint density at radius 2 is 1.75 bits per heavy atom. The first kappa shape index (κ1) is 23.4. The average Bonchev–Trinajstić information content (AvgIpc) is 2.84. The topological polar surface area (TPSA) is 78.7 Å². The highest BCUT2D eigenvalue weighted by atomic mass is 35.5. The summed E-state index contributed by atoms with van der Waals surface area (Å²) in [4.78, 5) is 28.1. The van der Waals surface area contributed by atoms with E-state index in [2.05, 4.69) is 10.2 Å². The van der Waals surface area contributed by atoms with Gasteiger partial charge in [-0.2, -0.15) is 0 Å². The molecule has 142 valence electrons. The first-order valence-electron chi connectivity index (χ1n) is 8.50. The molecule has 0 spiro atoms. The zero-order chi connectivity index (χ0) is 16.1. The average molecular weight is 383 g/mol. The standard InChI is InChI=1S/C16H30N4O2.2ClH/c1-12(2)18-15(21)11-19-6-8-20(9-7-19)16(22)10-13-4-3-5-14(13)17;;/h12-14H,3-11,17H2,1-2H3,(H,18,21);2*1H/t13-,14+;;/m0../s1. The van der Waals surface area contributed by atoms with Gasteiger partial charge in [0.25, 0.3) is 0 Å². The highest BCUT2D eigenvalue weighted by Crippen LogP contribution is 2.27. The van der Waals surface area contributed by atoms with E-state index in [0.29, 0.717) is 18.9 Å². The lowest BCUT2D eigenvalue weighted by atomic mass is 9.99. The summed E-state index contributed by atoms with van der Waals surface area (Å²) in [7, 11) is 0. The lowest BCUT2D eigenvalue weighted by Gasteiger charge is -2.35. The van der Waals surface area contributed by atoms with Crippen LogP contribution in [0.1, 0.15) is 39.5 Å². The quantitative estimate of drug-likeness (QED) is 0.743. The van der Waals surface area contributed by atoms with Crippen LogP contribution in [0.15, 0.2) is 0 Å². The van der Waals surface area contributed by atoms with E-state index in [0.717, 1.165) is 45.4 Å². The van der Waals surface area contributed by atoms with Gasteiger partial charge in [0.2, 0.25) is 11.8 Å². The Balaban J connectivity index is 0.00000264. The molecule has 0 unspecified atom stereocenters. The van der Waals surface area contributed by atoms with Crippen molar-refractivity contribution in [3.05, 3.63) is 0 Å². The van der Waals surface area contributed by atoms with Crippen LogP contribution in [0.3, 0.4) is 0 Å². The minimum atomic E-state index is 0. The van der Waals surface area contributed by atoms with Crippen molar-refractivity contribution in [3.8, 4) is 0 Å². The molecular weight excluding hydrogens is 351 g/mol. The fourth-order valence-electron chi connectivity index (χ4n) is 3.40. The maximum Gasteiger partial charge on any atom is 0.234 e. The molecule has 2 rings (SSSR count). The highest BCUT2D eigenvalue weighted by Gasteiger charge is 2.29. The molecule has 1 aliphatic carbocycles. The van der Waals surface area contributed by atoms with Gasteiger partial charge in [0.05, 0.1) is 6.54 Å². The molecule has 1 saturated carbocycles. The third-order valence-corrected chi connectivity index (χ3v) is 4.70. The Bertz CT molecular complexity index is 402. The number of rotatable bonds is 5. The molecule has 8 heteroatoms. The normalized spacial score (nSPS) is 24.2. The van der Waals surface area contributed by atoms with E-state index in [4.69, 9.17) is 5.73 Å². The number of nitrogens with two attached hydrogens (primary N) is 1.